The maximum absolute atomic E-state index is 6.28. The van der Waals surface area contributed by atoms with E-state index in [-0.39, 0.29) is 11.6 Å². The molecule has 1 aromatic carbocycles. The maximum Gasteiger partial charge on any atom is 0.124 e. The van der Waals surface area contributed by atoms with Crippen molar-refractivity contribution in [3.05, 3.63) is 29.3 Å². The predicted octanol–water partition coefficient (Wildman–Crippen LogP) is 2.65. The number of hydrogen-bond acceptors (Lipinski definition) is 3. The molecule has 0 radical (unpaired) electrons. The summed E-state index contributed by atoms with van der Waals surface area (Å²) in [7, 11) is 0. The van der Waals surface area contributed by atoms with Crippen LogP contribution in [0.1, 0.15) is 30.0 Å². The molecule has 2 nitrogen and oxygen atoms in total. The minimum atomic E-state index is 0.0202. The van der Waals surface area contributed by atoms with E-state index in [1.807, 2.05) is 11.8 Å². The van der Waals surface area contributed by atoms with Crippen LogP contribution in [0.15, 0.2) is 18.2 Å². The van der Waals surface area contributed by atoms with Crippen LogP contribution in [-0.4, -0.2) is 17.1 Å². The third-order valence-corrected chi connectivity index (χ3v) is 4.77. The molecule has 86 valence electrons. The highest BCUT2D eigenvalue weighted by atomic mass is 32.2. The van der Waals surface area contributed by atoms with Gasteiger partial charge in [0, 0.05) is 23.8 Å². The quantitative estimate of drug-likeness (QED) is 0.751. The molecule has 3 heteroatoms. The zero-order valence-corrected chi connectivity index (χ0v) is 10.3. The van der Waals surface area contributed by atoms with E-state index >= 15 is 0 Å². The first-order valence-corrected chi connectivity index (χ1v) is 6.97. The van der Waals surface area contributed by atoms with E-state index in [1.165, 1.54) is 16.9 Å². The molecule has 0 saturated carbocycles. The van der Waals surface area contributed by atoms with Gasteiger partial charge in [-0.05, 0) is 25.2 Å². The molecule has 2 aliphatic rings. The van der Waals surface area contributed by atoms with Crippen LogP contribution in [0.5, 0.6) is 5.75 Å². The Balaban J connectivity index is 1.99. The lowest BCUT2D eigenvalue weighted by atomic mass is 9.87. The second-order valence-electron chi connectivity index (χ2n) is 4.94. The van der Waals surface area contributed by atoms with E-state index in [2.05, 4.69) is 25.1 Å². The summed E-state index contributed by atoms with van der Waals surface area (Å²) < 4.78 is 6.20. The molecular weight excluding hydrogens is 218 g/mol. The summed E-state index contributed by atoms with van der Waals surface area (Å²) in [6, 6.07) is 6.48. The summed E-state index contributed by atoms with van der Waals surface area (Å²) in [5.41, 5.74) is 8.74. The fraction of sp³-hybridized carbons (Fsp3) is 0.538. The molecule has 0 amide bonds. The van der Waals surface area contributed by atoms with Crippen molar-refractivity contribution in [2.45, 2.75) is 31.4 Å². The largest absolute Gasteiger partial charge is 0.486 e. The Morgan fingerprint density at radius 1 is 1.50 bits per heavy atom. The molecule has 16 heavy (non-hydrogen) atoms. The predicted molar refractivity (Wildman–Crippen MR) is 68.0 cm³/mol. The van der Waals surface area contributed by atoms with Crippen molar-refractivity contribution in [3.8, 4) is 5.75 Å². The first-order chi connectivity index (χ1) is 7.69. The Morgan fingerprint density at radius 2 is 2.38 bits per heavy atom. The van der Waals surface area contributed by atoms with E-state index in [0.29, 0.717) is 0 Å². The molecular formula is C13H17NOS. The number of nitrogens with two attached hydrogens (primary N) is 1. The Morgan fingerprint density at radius 3 is 3.12 bits per heavy atom. The van der Waals surface area contributed by atoms with Crippen molar-refractivity contribution in [1.29, 1.82) is 0 Å². The van der Waals surface area contributed by atoms with Gasteiger partial charge in [-0.1, -0.05) is 17.7 Å². The molecule has 1 unspecified atom stereocenters. The van der Waals surface area contributed by atoms with Crippen LogP contribution in [0.25, 0.3) is 0 Å². The molecule has 1 saturated heterocycles. The van der Waals surface area contributed by atoms with E-state index < -0.39 is 0 Å². The summed E-state index contributed by atoms with van der Waals surface area (Å²) in [5, 5.41) is 0. The highest BCUT2D eigenvalue weighted by molar-refractivity contribution is 7.99. The fourth-order valence-corrected chi connectivity index (χ4v) is 4.02. The number of ether oxygens (including phenoxy) is 1. The van der Waals surface area contributed by atoms with Crippen LogP contribution in [0.2, 0.25) is 0 Å². The second kappa shape index (κ2) is 3.67. The second-order valence-corrected chi connectivity index (χ2v) is 6.04. The number of benzene rings is 1. The minimum absolute atomic E-state index is 0.0202. The number of aryl methyl sites for hydroxylation is 1. The van der Waals surface area contributed by atoms with Gasteiger partial charge in [-0.2, -0.15) is 11.8 Å². The number of rotatable bonds is 0. The molecule has 3 rings (SSSR count). The molecule has 1 spiro atoms. The molecule has 0 aliphatic carbocycles. The summed E-state index contributed by atoms with van der Waals surface area (Å²) in [4.78, 5) is 0. The summed E-state index contributed by atoms with van der Waals surface area (Å²) in [6.07, 6.45) is 2.11. The monoisotopic (exact) mass is 235 g/mol. The number of thioether (sulfide) groups is 1. The van der Waals surface area contributed by atoms with Crippen LogP contribution in [0.4, 0.5) is 0 Å². The van der Waals surface area contributed by atoms with Crippen LogP contribution in [0.3, 0.4) is 0 Å². The molecule has 1 fully saturated rings. The van der Waals surface area contributed by atoms with Crippen LogP contribution in [-0.2, 0) is 0 Å². The van der Waals surface area contributed by atoms with Gasteiger partial charge < -0.3 is 10.5 Å². The Hall–Kier alpha value is -0.670. The van der Waals surface area contributed by atoms with E-state index in [9.17, 15) is 0 Å². The van der Waals surface area contributed by atoms with E-state index in [1.54, 1.807) is 0 Å². The van der Waals surface area contributed by atoms with E-state index in [4.69, 9.17) is 10.5 Å². The highest BCUT2D eigenvalue weighted by Crippen LogP contribution is 2.45. The first-order valence-electron chi connectivity index (χ1n) is 5.81. The Labute approximate surface area is 101 Å². The van der Waals surface area contributed by atoms with Gasteiger partial charge in [0.1, 0.15) is 11.4 Å². The van der Waals surface area contributed by atoms with Crippen LogP contribution < -0.4 is 10.5 Å². The first kappa shape index (κ1) is 10.5. The van der Waals surface area contributed by atoms with Gasteiger partial charge in [-0.3, -0.25) is 0 Å². The lowest BCUT2D eigenvalue weighted by Crippen LogP contribution is -2.43. The number of fused-ring (bicyclic) bond motifs is 1. The fourth-order valence-electron chi connectivity index (χ4n) is 2.67. The summed E-state index contributed by atoms with van der Waals surface area (Å²) >= 11 is 1.98. The van der Waals surface area contributed by atoms with E-state index in [0.717, 1.165) is 24.3 Å². The molecule has 2 N–H and O–H groups in total. The lowest BCUT2D eigenvalue weighted by Gasteiger charge is -2.38. The van der Waals surface area contributed by atoms with Crippen LogP contribution in [0, 0.1) is 6.92 Å². The molecule has 0 aromatic heterocycles. The van der Waals surface area contributed by atoms with Gasteiger partial charge in [-0.25, -0.2) is 0 Å². The Bertz CT molecular complexity index is 412. The van der Waals surface area contributed by atoms with Gasteiger partial charge in [-0.15, -0.1) is 0 Å². The molecule has 2 heterocycles. The smallest absolute Gasteiger partial charge is 0.124 e. The standard InChI is InChI=1S/C13H17NOS/c1-9-2-3-12-10(6-9)11(14)7-13(15-12)4-5-16-8-13/h2-3,6,11H,4-5,7-8,14H2,1H3/t11-,13?/m0/s1. The summed E-state index contributed by atoms with van der Waals surface area (Å²) in [5.74, 6) is 3.30. The number of hydrogen-bond donors (Lipinski definition) is 1. The zero-order valence-electron chi connectivity index (χ0n) is 9.53. The van der Waals surface area contributed by atoms with Gasteiger partial charge in [0.2, 0.25) is 0 Å². The van der Waals surface area contributed by atoms with Gasteiger partial charge in [0.05, 0.1) is 0 Å². The SMILES string of the molecule is Cc1ccc2c(c1)[C@@H](N)CC1(CCSC1)O2. The minimum Gasteiger partial charge on any atom is -0.486 e. The highest BCUT2D eigenvalue weighted by Gasteiger charge is 2.42. The van der Waals surface area contributed by atoms with Crippen LogP contribution >= 0.6 is 11.8 Å². The van der Waals surface area contributed by atoms with Crippen molar-refractivity contribution in [1.82, 2.24) is 0 Å². The molecule has 0 bridgehead atoms. The average molecular weight is 235 g/mol. The van der Waals surface area contributed by atoms with Crippen molar-refractivity contribution < 1.29 is 4.74 Å². The summed E-state index contributed by atoms with van der Waals surface area (Å²) in [6.45, 7) is 2.10. The topological polar surface area (TPSA) is 35.2 Å². The van der Waals surface area contributed by atoms with Gasteiger partial charge in [0.15, 0.2) is 0 Å². The zero-order chi connectivity index (χ0) is 11.2. The third kappa shape index (κ3) is 1.62. The third-order valence-electron chi connectivity index (χ3n) is 3.55. The van der Waals surface area contributed by atoms with Crippen molar-refractivity contribution in [2.24, 2.45) is 5.73 Å². The maximum atomic E-state index is 6.28. The normalized spacial score (nSPS) is 32.5. The molecule has 2 aliphatic heterocycles. The van der Waals surface area contributed by atoms with Crippen molar-refractivity contribution in [2.75, 3.05) is 11.5 Å². The van der Waals surface area contributed by atoms with Crippen molar-refractivity contribution >= 4 is 11.8 Å². The lowest BCUT2D eigenvalue weighted by molar-refractivity contribution is 0.0615. The van der Waals surface area contributed by atoms with Gasteiger partial charge >= 0.3 is 0 Å². The average Bonchev–Trinajstić information content (AvgIpc) is 2.68. The molecule has 2 atom stereocenters. The molecule has 1 aromatic rings. The Kier molecular flexibility index (Phi) is 2.41. The van der Waals surface area contributed by atoms with Crippen molar-refractivity contribution in [3.63, 3.8) is 0 Å². The van der Waals surface area contributed by atoms with Gasteiger partial charge in [0.25, 0.3) is 0 Å².